The number of phenols is 2. The minimum absolute atomic E-state index is 0.0553. The average Bonchev–Trinajstić information content (AvgIpc) is 3.28. The predicted molar refractivity (Wildman–Crippen MR) is 135 cm³/mol. The standard InChI is InChI=1S/C27H31ClN2O5/c1-2-3-22(32)26-25(27(35-29-26)20-14-21(28)24(34)15-23(20)33)19-6-4-18(5-7-19)16-30-11-8-17(9-12-30)10-13-31/h4-7,14-15,17,31,33-34H,2-3,8-13,16H2,1H3. The van der Waals surface area contributed by atoms with Crippen LogP contribution in [0.1, 0.15) is 55.1 Å². The number of aliphatic hydroxyl groups excluding tert-OH is 1. The number of hydrogen-bond donors (Lipinski definition) is 3. The molecule has 2 heterocycles. The van der Waals surface area contributed by atoms with Crippen LogP contribution in [0.5, 0.6) is 11.5 Å². The molecule has 0 radical (unpaired) electrons. The molecule has 1 aliphatic rings. The number of carbonyl (C=O) groups is 1. The zero-order chi connectivity index (χ0) is 24.9. The van der Waals surface area contributed by atoms with Crippen molar-refractivity contribution in [3.8, 4) is 33.9 Å². The van der Waals surface area contributed by atoms with Gasteiger partial charge in [-0.3, -0.25) is 9.69 Å². The molecular formula is C27H31ClN2O5. The van der Waals surface area contributed by atoms with Gasteiger partial charge in [0.1, 0.15) is 11.5 Å². The topological polar surface area (TPSA) is 107 Å². The zero-order valence-corrected chi connectivity index (χ0v) is 20.6. The second kappa shape index (κ2) is 11.2. The summed E-state index contributed by atoms with van der Waals surface area (Å²) in [6.45, 7) is 5.04. The van der Waals surface area contributed by atoms with Crippen LogP contribution in [0.3, 0.4) is 0 Å². The quantitative estimate of drug-likeness (QED) is 0.327. The Morgan fingerprint density at radius 3 is 2.51 bits per heavy atom. The fourth-order valence-corrected chi connectivity index (χ4v) is 4.82. The largest absolute Gasteiger partial charge is 0.507 e. The lowest BCUT2D eigenvalue weighted by molar-refractivity contribution is 0.0973. The number of benzene rings is 2. The maximum atomic E-state index is 12.8. The van der Waals surface area contributed by atoms with Crippen molar-refractivity contribution in [2.24, 2.45) is 5.92 Å². The van der Waals surface area contributed by atoms with E-state index in [2.05, 4.69) is 10.1 Å². The second-order valence-electron chi connectivity index (χ2n) is 9.16. The number of carbonyl (C=O) groups excluding carboxylic acids is 1. The molecule has 1 aromatic heterocycles. The molecule has 3 aromatic rings. The van der Waals surface area contributed by atoms with E-state index in [4.69, 9.17) is 21.2 Å². The van der Waals surface area contributed by atoms with Gasteiger partial charge in [0.05, 0.1) is 16.1 Å². The lowest BCUT2D eigenvalue weighted by Crippen LogP contribution is -2.33. The normalized spacial score (nSPS) is 14.9. The summed E-state index contributed by atoms with van der Waals surface area (Å²) in [7, 11) is 0. The van der Waals surface area contributed by atoms with Gasteiger partial charge >= 0.3 is 0 Å². The first-order chi connectivity index (χ1) is 16.9. The Morgan fingerprint density at radius 1 is 1.14 bits per heavy atom. The van der Waals surface area contributed by atoms with Gasteiger partial charge in [0.15, 0.2) is 17.2 Å². The molecule has 0 bridgehead atoms. The van der Waals surface area contributed by atoms with Crippen molar-refractivity contribution in [2.45, 2.75) is 45.6 Å². The number of likely N-dealkylation sites (tertiary alicyclic amines) is 1. The van der Waals surface area contributed by atoms with Crippen LogP contribution in [-0.2, 0) is 6.54 Å². The van der Waals surface area contributed by atoms with Crippen LogP contribution in [0.2, 0.25) is 5.02 Å². The first kappa shape index (κ1) is 25.2. The maximum absolute atomic E-state index is 12.8. The van der Waals surface area contributed by atoms with Crippen LogP contribution in [0.4, 0.5) is 0 Å². The molecule has 186 valence electrons. The summed E-state index contributed by atoms with van der Waals surface area (Å²) in [4.78, 5) is 15.2. The molecule has 8 heteroatoms. The van der Waals surface area contributed by atoms with Crippen molar-refractivity contribution >= 4 is 17.4 Å². The molecule has 1 saturated heterocycles. The highest BCUT2D eigenvalue weighted by atomic mass is 35.5. The van der Waals surface area contributed by atoms with Gasteiger partial charge in [0, 0.05) is 25.6 Å². The molecule has 0 atom stereocenters. The number of aliphatic hydroxyl groups is 1. The van der Waals surface area contributed by atoms with Crippen LogP contribution in [0, 0.1) is 5.92 Å². The highest BCUT2D eigenvalue weighted by Crippen LogP contribution is 2.43. The average molecular weight is 499 g/mol. The minimum atomic E-state index is -0.249. The summed E-state index contributed by atoms with van der Waals surface area (Å²) >= 11 is 6.09. The molecule has 2 aromatic carbocycles. The monoisotopic (exact) mass is 498 g/mol. The molecule has 7 nitrogen and oxygen atoms in total. The fraction of sp³-hybridized carbons (Fsp3) is 0.407. The van der Waals surface area contributed by atoms with E-state index in [9.17, 15) is 15.0 Å². The van der Waals surface area contributed by atoms with Gasteiger partial charge in [-0.05, 0) is 61.9 Å². The van der Waals surface area contributed by atoms with Crippen LogP contribution in [0.25, 0.3) is 22.5 Å². The molecule has 0 unspecified atom stereocenters. The number of piperidine rings is 1. The van der Waals surface area contributed by atoms with Crippen molar-refractivity contribution in [1.29, 1.82) is 0 Å². The van der Waals surface area contributed by atoms with E-state index in [-0.39, 0.29) is 45.9 Å². The van der Waals surface area contributed by atoms with E-state index >= 15 is 0 Å². The summed E-state index contributed by atoms with van der Waals surface area (Å²) < 4.78 is 5.56. The third-order valence-electron chi connectivity index (χ3n) is 6.64. The summed E-state index contributed by atoms with van der Waals surface area (Å²) in [5, 5.41) is 33.6. The third-order valence-corrected chi connectivity index (χ3v) is 6.94. The van der Waals surface area contributed by atoms with Gasteiger partial charge < -0.3 is 19.8 Å². The smallest absolute Gasteiger partial charge is 0.185 e. The van der Waals surface area contributed by atoms with Gasteiger partial charge in [-0.25, -0.2) is 0 Å². The number of phenolic OH excluding ortho intramolecular Hbond substituents is 2. The second-order valence-corrected chi connectivity index (χ2v) is 9.57. The highest BCUT2D eigenvalue weighted by Gasteiger charge is 2.26. The molecule has 0 amide bonds. The summed E-state index contributed by atoms with van der Waals surface area (Å²) in [6, 6.07) is 10.5. The lowest BCUT2D eigenvalue weighted by Gasteiger charge is -2.31. The summed E-state index contributed by atoms with van der Waals surface area (Å²) in [5.41, 5.74) is 2.86. The van der Waals surface area contributed by atoms with E-state index in [0.717, 1.165) is 56.1 Å². The maximum Gasteiger partial charge on any atom is 0.185 e. The Bertz CT molecular complexity index is 1170. The van der Waals surface area contributed by atoms with E-state index in [1.807, 2.05) is 31.2 Å². The van der Waals surface area contributed by atoms with Crippen LogP contribution < -0.4 is 0 Å². The van der Waals surface area contributed by atoms with E-state index in [1.165, 1.54) is 6.07 Å². The SMILES string of the molecule is CCCC(=O)c1noc(-c2cc(Cl)c(O)cc2O)c1-c1ccc(CN2CCC(CCO)CC2)cc1. The number of aromatic hydroxyl groups is 2. The number of halogens is 1. The first-order valence-corrected chi connectivity index (χ1v) is 12.5. The van der Waals surface area contributed by atoms with Gasteiger partial charge in [-0.1, -0.05) is 47.9 Å². The van der Waals surface area contributed by atoms with E-state index < -0.39 is 0 Å². The van der Waals surface area contributed by atoms with Crippen molar-refractivity contribution in [3.63, 3.8) is 0 Å². The first-order valence-electron chi connectivity index (χ1n) is 12.1. The van der Waals surface area contributed by atoms with Crippen LogP contribution >= 0.6 is 11.6 Å². The molecule has 0 spiro atoms. The summed E-state index contributed by atoms with van der Waals surface area (Å²) in [5.74, 6) is 0.217. The van der Waals surface area contributed by atoms with Crippen LogP contribution in [0.15, 0.2) is 40.9 Å². The molecule has 0 aliphatic carbocycles. The van der Waals surface area contributed by atoms with Crippen molar-refractivity contribution in [1.82, 2.24) is 10.1 Å². The number of nitrogens with zero attached hydrogens (tertiary/aromatic N) is 2. The number of aromatic nitrogens is 1. The van der Waals surface area contributed by atoms with Crippen molar-refractivity contribution < 1.29 is 24.6 Å². The van der Waals surface area contributed by atoms with Crippen molar-refractivity contribution in [2.75, 3.05) is 19.7 Å². The van der Waals surface area contributed by atoms with Crippen molar-refractivity contribution in [3.05, 3.63) is 52.7 Å². The molecule has 4 rings (SSSR count). The van der Waals surface area contributed by atoms with Gasteiger partial charge in [0.25, 0.3) is 0 Å². The number of hydrogen-bond acceptors (Lipinski definition) is 7. The fourth-order valence-electron chi connectivity index (χ4n) is 4.66. The number of ketones is 1. The van der Waals surface area contributed by atoms with Gasteiger partial charge in [-0.2, -0.15) is 0 Å². The third kappa shape index (κ3) is 5.69. The van der Waals surface area contributed by atoms with Gasteiger partial charge in [-0.15, -0.1) is 0 Å². The number of rotatable bonds is 9. The van der Waals surface area contributed by atoms with Crippen LogP contribution in [-0.4, -0.2) is 50.9 Å². The Morgan fingerprint density at radius 2 is 1.86 bits per heavy atom. The lowest BCUT2D eigenvalue weighted by atomic mass is 9.93. The molecular weight excluding hydrogens is 468 g/mol. The minimum Gasteiger partial charge on any atom is -0.507 e. The molecule has 1 fully saturated rings. The highest BCUT2D eigenvalue weighted by molar-refractivity contribution is 6.32. The molecule has 3 N–H and O–H groups in total. The predicted octanol–water partition coefficient (Wildman–Crippen LogP) is 5.65. The Hall–Kier alpha value is -2.87. The Labute approximate surface area is 209 Å². The molecule has 35 heavy (non-hydrogen) atoms. The Balaban J connectivity index is 1.63. The van der Waals surface area contributed by atoms with E-state index in [1.54, 1.807) is 0 Å². The molecule has 1 aliphatic heterocycles. The number of Topliss-reactive ketones (excluding diaryl/α,β-unsaturated/α-hetero) is 1. The van der Waals surface area contributed by atoms with E-state index in [0.29, 0.717) is 24.3 Å². The van der Waals surface area contributed by atoms with Gasteiger partial charge in [0.2, 0.25) is 0 Å². The Kier molecular flexibility index (Phi) is 8.11. The molecule has 0 saturated carbocycles. The zero-order valence-electron chi connectivity index (χ0n) is 19.8. The summed E-state index contributed by atoms with van der Waals surface area (Å²) in [6.07, 6.45) is 4.08.